The van der Waals surface area contributed by atoms with Gasteiger partial charge in [0.25, 0.3) is 5.89 Å². The number of hydrogen-bond donors (Lipinski definition) is 0. The van der Waals surface area contributed by atoms with Crippen molar-refractivity contribution < 1.29 is 4.42 Å². The first kappa shape index (κ1) is 17.3. The van der Waals surface area contributed by atoms with Gasteiger partial charge in [0.05, 0.1) is 16.8 Å². The Balaban J connectivity index is 1.62. The largest absolute Gasteiger partial charge is 0.416 e. The van der Waals surface area contributed by atoms with Gasteiger partial charge in [0.2, 0.25) is 5.89 Å². The second kappa shape index (κ2) is 7.33. The summed E-state index contributed by atoms with van der Waals surface area (Å²) in [6.45, 7) is 0. The molecular formula is C22H14ClN5O. The molecule has 0 fully saturated rings. The van der Waals surface area contributed by atoms with E-state index in [1.807, 2.05) is 71.5 Å². The summed E-state index contributed by atoms with van der Waals surface area (Å²) in [6.07, 6.45) is 3.50. The summed E-state index contributed by atoms with van der Waals surface area (Å²) in [4.78, 5) is 4.07. The predicted molar refractivity (Wildman–Crippen MR) is 111 cm³/mol. The van der Waals surface area contributed by atoms with Crippen LogP contribution in [0.4, 0.5) is 0 Å². The molecule has 0 spiro atoms. The number of nitrogens with zero attached hydrogens (tertiary/aromatic N) is 5. The quantitative estimate of drug-likeness (QED) is 0.383. The molecule has 0 amide bonds. The number of benzene rings is 2. The molecule has 0 radical (unpaired) electrons. The van der Waals surface area contributed by atoms with Gasteiger partial charge in [0, 0.05) is 18.0 Å². The Morgan fingerprint density at radius 3 is 2.21 bits per heavy atom. The Morgan fingerprint density at radius 2 is 1.48 bits per heavy atom. The maximum atomic E-state index is 5.95. The lowest BCUT2D eigenvalue weighted by molar-refractivity contribution is 0.584. The van der Waals surface area contributed by atoms with E-state index in [4.69, 9.17) is 21.1 Å². The van der Waals surface area contributed by atoms with E-state index in [1.54, 1.807) is 18.3 Å². The highest BCUT2D eigenvalue weighted by molar-refractivity contribution is 6.29. The standard InChI is InChI=1S/C22H14ClN5O/c23-19-12-11-16(13-24-19)21-25-26-22(29-21)18-14-28(17-9-5-2-6-10-17)27-20(18)15-7-3-1-4-8-15/h1-14H. The molecule has 0 aliphatic carbocycles. The fourth-order valence-electron chi connectivity index (χ4n) is 3.00. The third kappa shape index (κ3) is 3.41. The first-order valence-electron chi connectivity index (χ1n) is 8.94. The van der Waals surface area contributed by atoms with E-state index in [9.17, 15) is 0 Å². The van der Waals surface area contributed by atoms with Crippen LogP contribution in [-0.2, 0) is 0 Å². The summed E-state index contributed by atoms with van der Waals surface area (Å²) in [5.41, 5.74) is 4.12. The van der Waals surface area contributed by atoms with Crippen LogP contribution in [0.15, 0.2) is 89.6 Å². The van der Waals surface area contributed by atoms with Crippen LogP contribution in [0.5, 0.6) is 0 Å². The molecule has 6 nitrogen and oxygen atoms in total. The zero-order chi connectivity index (χ0) is 19.6. The molecule has 0 atom stereocenters. The zero-order valence-electron chi connectivity index (χ0n) is 15.1. The number of halogens is 1. The molecule has 0 saturated carbocycles. The smallest absolute Gasteiger partial charge is 0.251 e. The molecule has 0 aliphatic heterocycles. The highest BCUT2D eigenvalue weighted by Crippen LogP contribution is 2.32. The van der Waals surface area contributed by atoms with Crippen molar-refractivity contribution in [3.63, 3.8) is 0 Å². The lowest BCUT2D eigenvalue weighted by atomic mass is 10.1. The first-order chi connectivity index (χ1) is 14.3. The highest BCUT2D eigenvalue weighted by atomic mass is 35.5. The van der Waals surface area contributed by atoms with Gasteiger partial charge in [-0.1, -0.05) is 60.1 Å². The summed E-state index contributed by atoms with van der Waals surface area (Å²) in [5.74, 6) is 0.756. The van der Waals surface area contributed by atoms with Crippen molar-refractivity contribution >= 4 is 11.6 Å². The van der Waals surface area contributed by atoms with Crippen molar-refractivity contribution in [1.29, 1.82) is 0 Å². The van der Waals surface area contributed by atoms with Crippen molar-refractivity contribution in [3.05, 3.63) is 90.3 Å². The van der Waals surface area contributed by atoms with Crippen LogP contribution >= 0.6 is 11.6 Å². The van der Waals surface area contributed by atoms with Crippen LogP contribution in [0.1, 0.15) is 0 Å². The lowest BCUT2D eigenvalue weighted by Crippen LogP contribution is -1.93. The molecule has 0 N–H and O–H groups in total. The molecule has 7 heteroatoms. The van der Waals surface area contributed by atoms with Crippen LogP contribution in [0.25, 0.3) is 39.9 Å². The normalized spacial score (nSPS) is 10.9. The molecule has 3 aromatic heterocycles. The van der Waals surface area contributed by atoms with Gasteiger partial charge >= 0.3 is 0 Å². The number of rotatable bonds is 4. The minimum Gasteiger partial charge on any atom is -0.416 e. The fraction of sp³-hybridized carbons (Fsp3) is 0. The number of hydrogen-bond acceptors (Lipinski definition) is 5. The Morgan fingerprint density at radius 1 is 0.759 bits per heavy atom. The highest BCUT2D eigenvalue weighted by Gasteiger charge is 2.19. The van der Waals surface area contributed by atoms with E-state index in [2.05, 4.69) is 15.2 Å². The van der Waals surface area contributed by atoms with Gasteiger partial charge in [0.1, 0.15) is 10.8 Å². The molecule has 0 aliphatic rings. The third-order valence-corrected chi connectivity index (χ3v) is 4.64. The van der Waals surface area contributed by atoms with E-state index >= 15 is 0 Å². The molecule has 140 valence electrons. The summed E-state index contributed by atoms with van der Waals surface area (Å²) in [7, 11) is 0. The zero-order valence-corrected chi connectivity index (χ0v) is 15.9. The van der Waals surface area contributed by atoms with Crippen LogP contribution in [0.3, 0.4) is 0 Å². The number of para-hydroxylation sites is 1. The SMILES string of the molecule is Clc1ccc(-c2nnc(-c3cn(-c4ccccc4)nc3-c3ccccc3)o2)cn1. The molecule has 3 heterocycles. The predicted octanol–water partition coefficient (Wildman–Crippen LogP) is 5.30. The molecule has 0 unspecified atom stereocenters. The maximum Gasteiger partial charge on any atom is 0.251 e. The van der Waals surface area contributed by atoms with Gasteiger partial charge in [-0.3, -0.25) is 0 Å². The molecule has 5 aromatic rings. The summed E-state index contributed by atoms with van der Waals surface area (Å²) >= 11 is 5.86. The molecule has 5 rings (SSSR count). The monoisotopic (exact) mass is 399 g/mol. The number of pyridine rings is 1. The summed E-state index contributed by atoms with van der Waals surface area (Å²) < 4.78 is 7.76. The minimum atomic E-state index is 0.371. The number of aromatic nitrogens is 5. The van der Waals surface area contributed by atoms with E-state index in [1.165, 1.54) is 0 Å². The fourth-order valence-corrected chi connectivity index (χ4v) is 3.12. The van der Waals surface area contributed by atoms with Crippen LogP contribution < -0.4 is 0 Å². The Bertz CT molecular complexity index is 1250. The first-order valence-corrected chi connectivity index (χ1v) is 9.32. The van der Waals surface area contributed by atoms with E-state index < -0.39 is 0 Å². The van der Waals surface area contributed by atoms with Crippen molar-refractivity contribution in [2.24, 2.45) is 0 Å². The molecule has 0 bridgehead atoms. The molecular weight excluding hydrogens is 386 g/mol. The van der Waals surface area contributed by atoms with Crippen molar-refractivity contribution in [2.75, 3.05) is 0 Å². The second-order valence-electron chi connectivity index (χ2n) is 6.32. The molecule has 2 aromatic carbocycles. The van der Waals surface area contributed by atoms with Crippen LogP contribution in [0.2, 0.25) is 5.15 Å². The molecule has 29 heavy (non-hydrogen) atoms. The Kier molecular flexibility index (Phi) is 4.38. The average Bonchev–Trinajstić information content (AvgIpc) is 3.43. The molecule has 0 saturated heterocycles. The van der Waals surface area contributed by atoms with E-state index in [-0.39, 0.29) is 0 Å². The van der Waals surface area contributed by atoms with Gasteiger partial charge in [-0.05, 0) is 24.3 Å². The maximum absolute atomic E-state index is 5.95. The average molecular weight is 400 g/mol. The van der Waals surface area contributed by atoms with Gasteiger partial charge in [0.15, 0.2) is 0 Å². The van der Waals surface area contributed by atoms with Gasteiger partial charge in [-0.2, -0.15) is 5.10 Å². The van der Waals surface area contributed by atoms with Crippen molar-refractivity contribution in [3.8, 4) is 39.9 Å². The summed E-state index contributed by atoms with van der Waals surface area (Å²) in [6, 6.07) is 23.3. The van der Waals surface area contributed by atoms with Crippen molar-refractivity contribution in [1.82, 2.24) is 25.0 Å². The van der Waals surface area contributed by atoms with Crippen LogP contribution in [0, 0.1) is 0 Å². The van der Waals surface area contributed by atoms with Gasteiger partial charge < -0.3 is 4.42 Å². The topological polar surface area (TPSA) is 69.6 Å². The lowest BCUT2D eigenvalue weighted by Gasteiger charge is -2.00. The Hall–Kier alpha value is -3.77. The minimum absolute atomic E-state index is 0.371. The third-order valence-electron chi connectivity index (χ3n) is 4.41. The van der Waals surface area contributed by atoms with E-state index in [0.717, 1.165) is 22.5 Å². The van der Waals surface area contributed by atoms with Crippen LogP contribution in [-0.4, -0.2) is 25.0 Å². The Labute approximate surface area is 171 Å². The summed E-state index contributed by atoms with van der Waals surface area (Å²) in [5, 5.41) is 13.6. The van der Waals surface area contributed by atoms with E-state index in [0.29, 0.717) is 22.5 Å². The second-order valence-corrected chi connectivity index (χ2v) is 6.71. The van der Waals surface area contributed by atoms with Crippen molar-refractivity contribution in [2.45, 2.75) is 0 Å². The van der Waals surface area contributed by atoms with Gasteiger partial charge in [-0.25, -0.2) is 9.67 Å². The van der Waals surface area contributed by atoms with Gasteiger partial charge in [-0.15, -0.1) is 10.2 Å².